The van der Waals surface area contributed by atoms with E-state index in [0.29, 0.717) is 46.6 Å². The van der Waals surface area contributed by atoms with Crippen LogP contribution in [-0.2, 0) is 4.79 Å². The topological polar surface area (TPSA) is 111 Å². The minimum absolute atomic E-state index is 0.0708. The maximum absolute atomic E-state index is 12.5. The van der Waals surface area contributed by atoms with E-state index in [0.717, 1.165) is 23.0 Å². The van der Waals surface area contributed by atoms with Crippen molar-refractivity contribution in [2.75, 3.05) is 24.3 Å². The number of carbonyl (C=O) groups is 1. The molecule has 0 fully saturated rings. The molecular formula is C22H19N5O4S. The van der Waals surface area contributed by atoms with Gasteiger partial charge in [-0.1, -0.05) is 30.0 Å². The summed E-state index contributed by atoms with van der Waals surface area (Å²) in [4.78, 5) is 32.2. The van der Waals surface area contributed by atoms with Gasteiger partial charge in [0.25, 0.3) is 5.56 Å². The third-order valence-electron chi connectivity index (χ3n) is 4.93. The van der Waals surface area contributed by atoms with Crippen LogP contribution < -0.4 is 20.3 Å². The van der Waals surface area contributed by atoms with Crippen molar-refractivity contribution in [3.05, 3.63) is 64.6 Å². The van der Waals surface area contributed by atoms with Crippen LogP contribution in [0.4, 0.5) is 5.69 Å². The highest BCUT2D eigenvalue weighted by Crippen LogP contribution is 2.32. The molecule has 162 valence electrons. The van der Waals surface area contributed by atoms with Crippen LogP contribution in [0.15, 0.2) is 58.6 Å². The van der Waals surface area contributed by atoms with Crippen LogP contribution in [0.5, 0.6) is 11.5 Å². The average Bonchev–Trinajstić information content (AvgIpc) is 3.22. The van der Waals surface area contributed by atoms with Gasteiger partial charge in [-0.15, -0.1) is 0 Å². The lowest BCUT2D eigenvalue weighted by molar-refractivity contribution is -0.113. The second kappa shape index (κ2) is 8.39. The molecule has 0 unspecified atom stereocenters. The molecular weight excluding hydrogens is 430 g/mol. The van der Waals surface area contributed by atoms with E-state index >= 15 is 0 Å². The molecule has 0 radical (unpaired) electrons. The first-order chi connectivity index (χ1) is 15.6. The number of para-hydroxylation sites is 1. The van der Waals surface area contributed by atoms with Crippen molar-refractivity contribution in [1.82, 2.24) is 19.7 Å². The Balaban J connectivity index is 1.33. The molecule has 0 atom stereocenters. The Morgan fingerprint density at radius 2 is 2.00 bits per heavy atom. The van der Waals surface area contributed by atoms with Crippen LogP contribution in [0.2, 0.25) is 0 Å². The van der Waals surface area contributed by atoms with Crippen LogP contribution in [0, 0.1) is 6.92 Å². The molecule has 0 aliphatic carbocycles. The Bertz CT molecular complexity index is 1380. The fraction of sp³-hybridized carbons (Fsp3) is 0.182. The minimum Gasteiger partial charge on any atom is -0.486 e. The van der Waals surface area contributed by atoms with Gasteiger partial charge in [0, 0.05) is 11.8 Å². The Labute approximate surface area is 186 Å². The molecule has 10 heteroatoms. The summed E-state index contributed by atoms with van der Waals surface area (Å²) >= 11 is 1.14. The predicted octanol–water partition coefficient (Wildman–Crippen LogP) is 2.92. The average molecular weight is 449 g/mol. The molecule has 0 saturated carbocycles. The second-order valence-electron chi connectivity index (χ2n) is 7.15. The first kappa shape index (κ1) is 20.1. The fourth-order valence-electron chi connectivity index (χ4n) is 3.40. The first-order valence-electron chi connectivity index (χ1n) is 9.95. The van der Waals surface area contributed by atoms with E-state index in [2.05, 4.69) is 20.4 Å². The third kappa shape index (κ3) is 3.92. The van der Waals surface area contributed by atoms with Gasteiger partial charge >= 0.3 is 0 Å². The van der Waals surface area contributed by atoms with Gasteiger partial charge < -0.3 is 19.8 Å². The Morgan fingerprint density at radius 3 is 2.84 bits per heavy atom. The minimum atomic E-state index is -0.301. The van der Waals surface area contributed by atoms with Crippen LogP contribution in [0.3, 0.4) is 0 Å². The highest BCUT2D eigenvalue weighted by atomic mass is 32.2. The number of aromatic nitrogens is 4. The van der Waals surface area contributed by atoms with Gasteiger partial charge in [0.15, 0.2) is 22.3 Å². The molecule has 0 saturated heterocycles. The number of anilines is 1. The van der Waals surface area contributed by atoms with Gasteiger partial charge in [-0.05, 0) is 30.7 Å². The van der Waals surface area contributed by atoms with Gasteiger partial charge in [-0.2, -0.15) is 5.10 Å². The van der Waals surface area contributed by atoms with E-state index < -0.39 is 0 Å². The van der Waals surface area contributed by atoms with E-state index in [1.165, 1.54) is 6.20 Å². The molecule has 1 amide bonds. The van der Waals surface area contributed by atoms with Crippen molar-refractivity contribution in [3.8, 4) is 17.2 Å². The zero-order valence-corrected chi connectivity index (χ0v) is 17.9. The van der Waals surface area contributed by atoms with E-state index in [9.17, 15) is 9.59 Å². The van der Waals surface area contributed by atoms with Gasteiger partial charge in [0.05, 0.1) is 17.6 Å². The molecule has 0 bridgehead atoms. The van der Waals surface area contributed by atoms with Crippen LogP contribution in [0.1, 0.15) is 5.56 Å². The van der Waals surface area contributed by atoms with Crippen molar-refractivity contribution in [3.63, 3.8) is 0 Å². The van der Waals surface area contributed by atoms with E-state index in [1.54, 1.807) is 22.9 Å². The Kier molecular flexibility index (Phi) is 5.28. The van der Waals surface area contributed by atoms with E-state index in [-0.39, 0.29) is 17.2 Å². The number of carbonyl (C=O) groups excluding carboxylic acids is 1. The fourth-order valence-corrected chi connectivity index (χ4v) is 4.05. The Hall–Kier alpha value is -3.79. The third-order valence-corrected chi connectivity index (χ3v) is 5.80. The molecule has 1 aliphatic rings. The maximum atomic E-state index is 12.5. The summed E-state index contributed by atoms with van der Waals surface area (Å²) in [6.07, 6.45) is 1.50. The first-order valence-corrected chi connectivity index (χ1v) is 10.9. The van der Waals surface area contributed by atoms with Crippen LogP contribution in [0.25, 0.3) is 16.7 Å². The summed E-state index contributed by atoms with van der Waals surface area (Å²) in [6, 6.07) is 13.0. The zero-order valence-electron chi connectivity index (χ0n) is 17.1. The van der Waals surface area contributed by atoms with E-state index in [4.69, 9.17) is 9.47 Å². The summed E-state index contributed by atoms with van der Waals surface area (Å²) in [7, 11) is 0. The van der Waals surface area contributed by atoms with Crippen molar-refractivity contribution in [1.29, 1.82) is 0 Å². The summed E-state index contributed by atoms with van der Waals surface area (Å²) in [6.45, 7) is 2.95. The molecule has 5 rings (SSSR count). The molecule has 1 aliphatic heterocycles. The maximum Gasteiger partial charge on any atom is 0.262 e. The van der Waals surface area contributed by atoms with Crippen molar-refractivity contribution in [2.45, 2.75) is 12.1 Å². The number of nitrogens with one attached hydrogen (secondary N) is 2. The lowest BCUT2D eigenvalue weighted by Gasteiger charge is -2.18. The quantitative estimate of drug-likeness (QED) is 0.356. The number of nitrogens with zero attached hydrogens (tertiary/aromatic N) is 3. The normalized spacial score (nSPS) is 12.7. The largest absolute Gasteiger partial charge is 0.486 e. The molecule has 4 aromatic rings. The molecule has 2 aromatic carbocycles. The van der Waals surface area contributed by atoms with Gasteiger partial charge in [-0.3, -0.25) is 9.59 Å². The van der Waals surface area contributed by atoms with Gasteiger partial charge in [0.1, 0.15) is 18.6 Å². The Morgan fingerprint density at radius 1 is 1.19 bits per heavy atom. The van der Waals surface area contributed by atoms with E-state index in [1.807, 2.05) is 31.2 Å². The summed E-state index contributed by atoms with van der Waals surface area (Å²) in [5.74, 6) is 1.09. The monoisotopic (exact) mass is 449 g/mol. The number of thioether (sulfide) groups is 1. The number of hydrogen-bond donors (Lipinski definition) is 2. The van der Waals surface area contributed by atoms with Crippen LogP contribution in [-0.4, -0.2) is 44.6 Å². The number of fused-ring (bicyclic) bond motifs is 2. The number of rotatable bonds is 5. The summed E-state index contributed by atoms with van der Waals surface area (Å²) < 4.78 is 12.7. The highest BCUT2D eigenvalue weighted by molar-refractivity contribution is 7.99. The van der Waals surface area contributed by atoms with Crippen molar-refractivity contribution >= 4 is 34.4 Å². The number of H-pyrrole nitrogens is 1. The molecule has 2 aromatic heterocycles. The standard InChI is InChI=1S/C22H19N5O4S/c1-13-4-2-3-5-16(13)27-20-15(11-23-27)21(29)26-22(25-20)32-12-19(28)24-14-6-7-17-18(10-14)31-9-8-30-17/h2-7,10-11H,8-9,12H2,1H3,(H,24,28)(H,25,26,29). The molecule has 3 heterocycles. The summed E-state index contributed by atoms with van der Waals surface area (Å²) in [5, 5.41) is 7.89. The van der Waals surface area contributed by atoms with Gasteiger partial charge in [0.2, 0.25) is 5.91 Å². The lowest BCUT2D eigenvalue weighted by Crippen LogP contribution is -2.17. The SMILES string of the molecule is Cc1ccccc1-n1ncc2c(=O)[nH]c(SCC(=O)Nc3ccc4c(c3)OCCO4)nc21. The van der Waals surface area contributed by atoms with Crippen molar-refractivity contribution in [2.24, 2.45) is 0 Å². The lowest BCUT2D eigenvalue weighted by atomic mass is 10.2. The second-order valence-corrected chi connectivity index (χ2v) is 8.11. The van der Waals surface area contributed by atoms with Crippen molar-refractivity contribution < 1.29 is 14.3 Å². The number of aryl methyl sites for hydroxylation is 1. The number of benzene rings is 2. The van der Waals surface area contributed by atoms with Crippen LogP contribution >= 0.6 is 11.8 Å². The number of aromatic amines is 1. The summed E-state index contributed by atoms with van der Waals surface area (Å²) in [5.41, 5.74) is 2.59. The highest BCUT2D eigenvalue weighted by Gasteiger charge is 2.15. The zero-order chi connectivity index (χ0) is 22.1. The molecule has 32 heavy (non-hydrogen) atoms. The number of ether oxygens (including phenoxy) is 2. The number of hydrogen-bond acceptors (Lipinski definition) is 7. The molecule has 9 nitrogen and oxygen atoms in total. The smallest absolute Gasteiger partial charge is 0.262 e. The predicted molar refractivity (Wildman–Crippen MR) is 121 cm³/mol. The number of amides is 1. The molecule has 0 spiro atoms. The van der Waals surface area contributed by atoms with Gasteiger partial charge in [-0.25, -0.2) is 9.67 Å². The molecule has 2 N–H and O–H groups in total.